The molecule has 94 valence electrons. The first-order chi connectivity index (χ1) is 8.13. The molecule has 1 heterocycles. The summed E-state index contributed by atoms with van der Waals surface area (Å²) in [5.41, 5.74) is -0.0237. The van der Waals surface area contributed by atoms with Crippen molar-refractivity contribution in [2.75, 3.05) is 13.7 Å². The molecule has 1 aliphatic rings. The van der Waals surface area contributed by atoms with Gasteiger partial charge in [-0.15, -0.1) is 0 Å². The van der Waals surface area contributed by atoms with Gasteiger partial charge in [0, 0.05) is 17.7 Å². The van der Waals surface area contributed by atoms with Gasteiger partial charge in [0.25, 0.3) is 0 Å². The molecule has 0 aromatic heterocycles. The second-order valence-corrected chi connectivity index (χ2v) is 4.16. The molecule has 0 spiro atoms. The molecule has 1 aliphatic heterocycles. The molecular formula is C12H14F3NO. The van der Waals surface area contributed by atoms with Crippen molar-refractivity contribution in [2.45, 2.75) is 25.3 Å². The molecule has 0 saturated carbocycles. The van der Waals surface area contributed by atoms with Crippen LogP contribution in [0.2, 0.25) is 0 Å². The monoisotopic (exact) mass is 245 g/mol. The van der Waals surface area contributed by atoms with Gasteiger partial charge in [-0.05, 0) is 25.8 Å². The standard InChI is InChI=1S/C12H14F3NO/c1-17-12-8(5-7-3-2-4-16-7)11(15)9(13)6-10(12)14/h6-7,16H,2-5H2,1H3. The van der Waals surface area contributed by atoms with Crippen LogP contribution in [0.5, 0.6) is 5.75 Å². The third-order valence-corrected chi connectivity index (χ3v) is 3.04. The number of hydrogen-bond acceptors (Lipinski definition) is 2. The Morgan fingerprint density at radius 1 is 1.35 bits per heavy atom. The van der Waals surface area contributed by atoms with Gasteiger partial charge in [0.1, 0.15) is 0 Å². The Morgan fingerprint density at radius 2 is 2.12 bits per heavy atom. The maximum atomic E-state index is 13.6. The Kier molecular flexibility index (Phi) is 3.57. The first kappa shape index (κ1) is 12.2. The van der Waals surface area contributed by atoms with Crippen molar-refractivity contribution in [3.05, 3.63) is 29.1 Å². The van der Waals surface area contributed by atoms with E-state index in [-0.39, 0.29) is 23.8 Å². The summed E-state index contributed by atoms with van der Waals surface area (Å²) in [4.78, 5) is 0. The van der Waals surface area contributed by atoms with Crippen LogP contribution in [0, 0.1) is 17.5 Å². The minimum Gasteiger partial charge on any atom is -0.493 e. The normalized spacial score (nSPS) is 19.6. The molecule has 2 rings (SSSR count). The third-order valence-electron chi connectivity index (χ3n) is 3.04. The number of rotatable bonds is 3. The van der Waals surface area contributed by atoms with E-state index in [1.54, 1.807) is 0 Å². The Labute approximate surface area is 97.8 Å². The first-order valence-corrected chi connectivity index (χ1v) is 5.57. The van der Waals surface area contributed by atoms with Gasteiger partial charge >= 0.3 is 0 Å². The minimum absolute atomic E-state index is 0.0237. The van der Waals surface area contributed by atoms with Crippen molar-refractivity contribution < 1.29 is 17.9 Å². The van der Waals surface area contributed by atoms with Crippen LogP contribution in [0.3, 0.4) is 0 Å². The number of ether oxygens (including phenoxy) is 1. The van der Waals surface area contributed by atoms with E-state index in [1.807, 2.05) is 0 Å². The summed E-state index contributed by atoms with van der Waals surface area (Å²) in [7, 11) is 1.25. The Hall–Kier alpha value is -1.23. The lowest BCUT2D eigenvalue weighted by molar-refractivity contribution is 0.365. The number of nitrogens with one attached hydrogen (secondary N) is 1. The fraction of sp³-hybridized carbons (Fsp3) is 0.500. The van der Waals surface area contributed by atoms with Crippen LogP contribution in [0.1, 0.15) is 18.4 Å². The number of methoxy groups -OCH3 is 1. The molecule has 1 fully saturated rings. The zero-order valence-corrected chi connectivity index (χ0v) is 9.53. The zero-order chi connectivity index (χ0) is 12.4. The molecule has 1 unspecified atom stereocenters. The predicted molar refractivity (Wildman–Crippen MR) is 57.6 cm³/mol. The van der Waals surface area contributed by atoms with Gasteiger partial charge in [0.05, 0.1) is 7.11 Å². The Bertz CT molecular complexity index is 417. The van der Waals surface area contributed by atoms with E-state index in [2.05, 4.69) is 5.32 Å². The average Bonchev–Trinajstić information content (AvgIpc) is 2.78. The maximum absolute atomic E-state index is 13.6. The molecule has 0 radical (unpaired) electrons. The molecule has 17 heavy (non-hydrogen) atoms. The van der Waals surface area contributed by atoms with E-state index >= 15 is 0 Å². The molecule has 1 atom stereocenters. The van der Waals surface area contributed by atoms with Crippen LogP contribution >= 0.6 is 0 Å². The lowest BCUT2D eigenvalue weighted by atomic mass is 10.0. The van der Waals surface area contributed by atoms with E-state index < -0.39 is 17.5 Å². The minimum atomic E-state index is -1.17. The fourth-order valence-corrected chi connectivity index (χ4v) is 2.21. The Morgan fingerprint density at radius 3 is 2.71 bits per heavy atom. The molecule has 0 amide bonds. The Balaban J connectivity index is 2.35. The molecule has 2 nitrogen and oxygen atoms in total. The van der Waals surface area contributed by atoms with Gasteiger partial charge in [0.2, 0.25) is 0 Å². The largest absolute Gasteiger partial charge is 0.493 e. The summed E-state index contributed by atoms with van der Waals surface area (Å²) < 4.78 is 45.0. The number of halogens is 3. The number of hydrogen-bond donors (Lipinski definition) is 1. The summed E-state index contributed by atoms with van der Waals surface area (Å²) in [5, 5.41) is 3.16. The fourth-order valence-electron chi connectivity index (χ4n) is 2.21. The zero-order valence-electron chi connectivity index (χ0n) is 9.53. The van der Waals surface area contributed by atoms with Crippen LogP contribution in [0.15, 0.2) is 6.07 Å². The summed E-state index contributed by atoms with van der Waals surface area (Å²) in [6.45, 7) is 0.854. The van der Waals surface area contributed by atoms with Crippen molar-refractivity contribution in [1.82, 2.24) is 5.32 Å². The van der Waals surface area contributed by atoms with Crippen LogP contribution < -0.4 is 10.1 Å². The van der Waals surface area contributed by atoms with Gasteiger partial charge in [0.15, 0.2) is 23.2 Å². The second kappa shape index (κ2) is 4.96. The van der Waals surface area contributed by atoms with E-state index in [9.17, 15) is 13.2 Å². The van der Waals surface area contributed by atoms with Gasteiger partial charge in [-0.1, -0.05) is 0 Å². The highest BCUT2D eigenvalue weighted by molar-refractivity contribution is 5.37. The molecule has 0 aliphatic carbocycles. The van der Waals surface area contributed by atoms with Crippen molar-refractivity contribution in [3.63, 3.8) is 0 Å². The van der Waals surface area contributed by atoms with Gasteiger partial charge in [-0.25, -0.2) is 13.2 Å². The van der Waals surface area contributed by atoms with E-state index in [4.69, 9.17) is 4.74 Å². The second-order valence-electron chi connectivity index (χ2n) is 4.16. The molecule has 5 heteroatoms. The highest BCUT2D eigenvalue weighted by atomic mass is 19.2. The number of benzene rings is 1. The molecule has 0 bridgehead atoms. The molecule has 1 N–H and O–H groups in total. The molecule has 1 aromatic rings. The first-order valence-electron chi connectivity index (χ1n) is 5.57. The highest BCUT2D eigenvalue weighted by Crippen LogP contribution is 2.29. The maximum Gasteiger partial charge on any atom is 0.168 e. The van der Waals surface area contributed by atoms with E-state index in [0.717, 1.165) is 19.4 Å². The summed E-state index contributed by atoms with van der Waals surface area (Å²) >= 11 is 0. The highest BCUT2D eigenvalue weighted by Gasteiger charge is 2.24. The average molecular weight is 245 g/mol. The topological polar surface area (TPSA) is 21.3 Å². The molecule has 1 saturated heterocycles. The van der Waals surface area contributed by atoms with Crippen LogP contribution in [0.25, 0.3) is 0 Å². The van der Waals surface area contributed by atoms with Crippen molar-refractivity contribution >= 4 is 0 Å². The van der Waals surface area contributed by atoms with E-state index in [1.165, 1.54) is 7.11 Å². The summed E-state index contributed by atoms with van der Waals surface area (Å²) in [6, 6.07) is 0.569. The summed E-state index contributed by atoms with van der Waals surface area (Å²) in [5.74, 6) is -3.25. The lowest BCUT2D eigenvalue weighted by Gasteiger charge is -2.15. The lowest BCUT2D eigenvalue weighted by Crippen LogP contribution is -2.24. The SMILES string of the molecule is COc1c(F)cc(F)c(F)c1CC1CCCN1. The van der Waals surface area contributed by atoms with E-state index in [0.29, 0.717) is 6.07 Å². The van der Waals surface area contributed by atoms with Gasteiger partial charge < -0.3 is 10.1 Å². The smallest absolute Gasteiger partial charge is 0.168 e. The quantitative estimate of drug-likeness (QED) is 0.826. The van der Waals surface area contributed by atoms with Crippen LogP contribution in [-0.2, 0) is 6.42 Å². The van der Waals surface area contributed by atoms with Crippen molar-refractivity contribution in [2.24, 2.45) is 0 Å². The molecular weight excluding hydrogens is 231 g/mol. The van der Waals surface area contributed by atoms with Crippen molar-refractivity contribution in [1.29, 1.82) is 0 Å². The van der Waals surface area contributed by atoms with Crippen LogP contribution in [-0.4, -0.2) is 19.7 Å². The van der Waals surface area contributed by atoms with Crippen LogP contribution in [0.4, 0.5) is 13.2 Å². The molecule has 1 aromatic carbocycles. The van der Waals surface area contributed by atoms with Crippen molar-refractivity contribution in [3.8, 4) is 5.75 Å². The predicted octanol–water partition coefficient (Wildman–Crippen LogP) is 2.41. The van der Waals surface area contributed by atoms with Gasteiger partial charge in [-0.2, -0.15) is 0 Å². The van der Waals surface area contributed by atoms with Gasteiger partial charge in [-0.3, -0.25) is 0 Å². The summed E-state index contributed by atoms with van der Waals surface area (Å²) in [6.07, 6.45) is 2.11. The third kappa shape index (κ3) is 2.39.